The summed E-state index contributed by atoms with van der Waals surface area (Å²) in [5.74, 6) is -0.366. The van der Waals surface area contributed by atoms with E-state index in [0.717, 1.165) is 12.8 Å². The van der Waals surface area contributed by atoms with E-state index in [-0.39, 0.29) is 17.6 Å². The van der Waals surface area contributed by atoms with Gasteiger partial charge in [0.15, 0.2) is 0 Å². The van der Waals surface area contributed by atoms with E-state index in [4.69, 9.17) is 26.9 Å². The maximum absolute atomic E-state index is 11.4. The van der Waals surface area contributed by atoms with Gasteiger partial charge in [-0.2, -0.15) is 0 Å². The van der Waals surface area contributed by atoms with Crippen LogP contribution in [0.3, 0.4) is 0 Å². The summed E-state index contributed by atoms with van der Waals surface area (Å²) >= 11 is 14.9. The van der Waals surface area contributed by atoms with Crippen LogP contribution < -0.4 is 0 Å². The van der Waals surface area contributed by atoms with Crippen molar-refractivity contribution in [3.05, 3.63) is 0 Å². The largest absolute Gasteiger partial charge is 0.463 e. The van der Waals surface area contributed by atoms with Gasteiger partial charge in [-0.3, -0.25) is 4.79 Å². The van der Waals surface area contributed by atoms with Gasteiger partial charge in [0.2, 0.25) is 0 Å². The van der Waals surface area contributed by atoms with E-state index in [1.54, 1.807) is 6.92 Å². The number of hydrogen-bond acceptors (Lipinski definition) is 2. The first-order chi connectivity index (χ1) is 6.52. The second-order valence-corrected chi connectivity index (χ2v) is 8.71. The van der Waals surface area contributed by atoms with E-state index in [1.165, 1.54) is 0 Å². The highest BCUT2D eigenvalue weighted by atomic mass is 79.9. The van der Waals surface area contributed by atoms with Crippen LogP contribution in [0.25, 0.3) is 0 Å². The Morgan fingerprint density at radius 2 is 2.14 bits per heavy atom. The molecule has 2 nitrogen and oxygen atoms in total. The van der Waals surface area contributed by atoms with Crippen molar-refractivity contribution < 1.29 is 9.53 Å². The lowest BCUT2D eigenvalue weighted by Crippen LogP contribution is -2.30. The van der Waals surface area contributed by atoms with Crippen LogP contribution in [0.4, 0.5) is 0 Å². The summed E-state index contributed by atoms with van der Waals surface area (Å²) in [4.78, 5) is 11.4. The molecule has 0 aromatic rings. The van der Waals surface area contributed by atoms with Crippen LogP contribution in [0.15, 0.2) is 0 Å². The third-order valence-corrected chi connectivity index (χ3v) is 5.44. The first-order valence-electron chi connectivity index (χ1n) is 4.57. The Bertz CT molecular complexity index is 181. The average molecular weight is 322 g/mol. The summed E-state index contributed by atoms with van der Waals surface area (Å²) in [6.45, 7) is 3.82. The second-order valence-electron chi connectivity index (χ2n) is 3.15. The van der Waals surface area contributed by atoms with Crippen LogP contribution in [-0.2, 0) is 9.53 Å². The van der Waals surface area contributed by atoms with E-state index in [9.17, 15) is 4.79 Å². The molecular weight excluding hydrogens is 307 g/mol. The van der Waals surface area contributed by atoms with Gasteiger partial charge in [-0.05, 0) is 6.42 Å². The van der Waals surface area contributed by atoms with Gasteiger partial charge in [0.1, 0.15) is 5.73 Å². The zero-order valence-corrected chi connectivity index (χ0v) is 12.6. The topological polar surface area (TPSA) is 26.3 Å². The molecule has 2 atom stereocenters. The molecule has 0 spiro atoms. The predicted octanol–water partition coefficient (Wildman–Crippen LogP) is 2.97. The number of rotatable bonds is 6. The van der Waals surface area contributed by atoms with Crippen LogP contribution in [0.1, 0.15) is 26.7 Å². The Kier molecular flexibility index (Phi) is 8.39. The summed E-state index contributed by atoms with van der Waals surface area (Å²) in [6, 6.07) is 0. The molecule has 0 fully saturated rings. The van der Waals surface area contributed by atoms with Gasteiger partial charge in [-0.25, -0.2) is 0 Å². The minimum atomic E-state index is -1.93. The van der Waals surface area contributed by atoms with Crippen molar-refractivity contribution in [1.82, 2.24) is 0 Å². The SMILES string of the molecule is CCCC(OC(=O)C(C)CBr)[SiH](Cl)Cl. The molecule has 0 heterocycles. The Hall–Kier alpha value is 0.747. The molecule has 0 bridgehead atoms. The van der Waals surface area contributed by atoms with Gasteiger partial charge in [0.05, 0.1) is 5.92 Å². The van der Waals surface area contributed by atoms with Crippen LogP contribution in [0.5, 0.6) is 0 Å². The zero-order valence-electron chi connectivity index (χ0n) is 8.30. The third-order valence-electron chi connectivity index (χ3n) is 1.76. The molecule has 0 saturated carbocycles. The number of esters is 1. The smallest absolute Gasteiger partial charge is 0.309 e. The van der Waals surface area contributed by atoms with Crippen LogP contribution in [0.2, 0.25) is 0 Å². The normalized spacial score (nSPS) is 15.3. The molecule has 0 N–H and O–H groups in total. The van der Waals surface area contributed by atoms with E-state index < -0.39 is 7.42 Å². The van der Waals surface area contributed by atoms with Gasteiger partial charge in [-0.1, -0.05) is 36.2 Å². The summed E-state index contributed by atoms with van der Waals surface area (Å²) in [5, 5.41) is 0.599. The van der Waals surface area contributed by atoms with Gasteiger partial charge >= 0.3 is 5.97 Å². The maximum Gasteiger partial charge on any atom is 0.309 e. The predicted molar refractivity (Wildman–Crippen MR) is 66.6 cm³/mol. The summed E-state index contributed by atoms with van der Waals surface area (Å²) in [5.41, 5.74) is -0.252. The van der Waals surface area contributed by atoms with Crippen molar-refractivity contribution in [2.75, 3.05) is 5.33 Å². The van der Waals surface area contributed by atoms with Gasteiger partial charge < -0.3 is 4.74 Å². The lowest BCUT2D eigenvalue weighted by Gasteiger charge is -2.18. The van der Waals surface area contributed by atoms with Gasteiger partial charge in [0.25, 0.3) is 7.42 Å². The third kappa shape index (κ3) is 5.58. The molecule has 0 aliphatic carbocycles. The van der Waals surface area contributed by atoms with Gasteiger partial charge in [0, 0.05) is 5.33 Å². The lowest BCUT2D eigenvalue weighted by molar-refractivity contribution is -0.149. The van der Waals surface area contributed by atoms with E-state index >= 15 is 0 Å². The average Bonchev–Trinajstić information content (AvgIpc) is 2.15. The molecule has 0 radical (unpaired) electrons. The minimum absolute atomic E-state index is 0.143. The molecule has 0 saturated heterocycles. The molecule has 2 unspecified atom stereocenters. The van der Waals surface area contributed by atoms with Crippen molar-refractivity contribution in [2.45, 2.75) is 32.4 Å². The summed E-state index contributed by atoms with van der Waals surface area (Å²) < 4.78 is 5.23. The number of hydrogen-bond donors (Lipinski definition) is 0. The minimum Gasteiger partial charge on any atom is -0.463 e. The highest BCUT2D eigenvalue weighted by molar-refractivity contribution is 9.09. The molecule has 6 heteroatoms. The van der Waals surface area contributed by atoms with E-state index in [1.807, 2.05) is 6.92 Å². The Morgan fingerprint density at radius 3 is 2.50 bits per heavy atom. The first kappa shape index (κ1) is 14.7. The van der Waals surface area contributed by atoms with E-state index in [0.29, 0.717) is 5.33 Å². The quantitative estimate of drug-likeness (QED) is 0.325. The number of halogens is 3. The molecular formula is C8H15BrCl2O2Si. The highest BCUT2D eigenvalue weighted by Crippen LogP contribution is 2.15. The highest BCUT2D eigenvalue weighted by Gasteiger charge is 2.24. The molecule has 0 rings (SSSR count). The van der Waals surface area contributed by atoms with Crippen LogP contribution in [0, 0.1) is 5.92 Å². The standard InChI is InChI=1S/C8H15BrCl2O2Si/c1-3-4-7(14(10)11)13-8(12)6(2)5-9/h6-7,14H,3-5H2,1-2H3. The summed E-state index contributed by atoms with van der Waals surface area (Å²) in [6.07, 6.45) is 1.67. The molecule has 0 aromatic heterocycles. The Morgan fingerprint density at radius 1 is 1.57 bits per heavy atom. The van der Waals surface area contributed by atoms with E-state index in [2.05, 4.69) is 15.9 Å². The molecule has 0 aliphatic rings. The monoisotopic (exact) mass is 320 g/mol. The number of carbonyl (C=O) groups excluding carboxylic acids is 1. The summed E-state index contributed by atoms with van der Waals surface area (Å²) in [7, 11) is -1.93. The van der Waals surface area contributed by atoms with Crippen LogP contribution in [-0.4, -0.2) is 24.4 Å². The second kappa shape index (κ2) is 7.96. The lowest BCUT2D eigenvalue weighted by atomic mass is 10.2. The number of alkyl halides is 1. The Labute approximate surface area is 104 Å². The number of ether oxygens (including phenoxy) is 1. The Balaban J connectivity index is 4.08. The fraction of sp³-hybridized carbons (Fsp3) is 0.875. The number of carbonyl (C=O) groups is 1. The first-order valence-corrected chi connectivity index (χ1v) is 9.85. The fourth-order valence-corrected chi connectivity index (χ4v) is 3.00. The van der Waals surface area contributed by atoms with Crippen molar-refractivity contribution in [3.8, 4) is 0 Å². The van der Waals surface area contributed by atoms with Crippen molar-refractivity contribution >= 4 is 51.5 Å². The fourth-order valence-electron chi connectivity index (χ4n) is 0.849. The maximum atomic E-state index is 11.4. The molecule has 0 aliphatic heterocycles. The van der Waals surface area contributed by atoms with Gasteiger partial charge in [-0.15, -0.1) is 22.2 Å². The van der Waals surface area contributed by atoms with Crippen LogP contribution >= 0.6 is 38.1 Å². The van der Waals surface area contributed by atoms with Crippen molar-refractivity contribution in [3.63, 3.8) is 0 Å². The zero-order chi connectivity index (χ0) is 11.1. The molecule has 0 amide bonds. The van der Waals surface area contributed by atoms with Crippen molar-refractivity contribution in [2.24, 2.45) is 5.92 Å². The molecule has 0 aromatic carbocycles. The van der Waals surface area contributed by atoms with Crippen molar-refractivity contribution in [1.29, 1.82) is 0 Å². The molecule has 14 heavy (non-hydrogen) atoms. The molecule has 84 valence electrons.